The van der Waals surface area contributed by atoms with Crippen LogP contribution in [0.25, 0.3) is 12.2 Å². The summed E-state index contributed by atoms with van der Waals surface area (Å²) in [4.78, 5) is 2.04. The first-order chi connectivity index (χ1) is 11.4. The van der Waals surface area contributed by atoms with Crippen LogP contribution in [-0.4, -0.2) is 25.0 Å². The second-order valence-corrected chi connectivity index (χ2v) is 5.39. The molecule has 0 spiro atoms. The van der Waals surface area contributed by atoms with E-state index < -0.39 is 11.7 Å². The van der Waals surface area contributed by atoms with Crippen molar-refractivity contribution < 1.29 is 44.3 Å². The summed E-state index contributed by atoms with van der Waals surface area (Å²) in [6.07, 6.45) is 4.51. The average Bonchev–Trinajstić information content (AvgIpc) is 2.55. The monoisotopic (exact) mass is 567 g/mol. The third kappa shape index (κ3) is 8.09. The van der Waals surface area contributed by atoms with Gasteiger partial charge in [-0.05, 0) is 24.7 Å². The van der Waals surface area contributed by atoms with E-state index >= 15 is 0 Å². The number of halogens is 3. The molecule has 2 aromatic rings. The Hall–Kier alpha value is -1.28. The molecule has 2 rings (SSSR count). The molecule has 0 radical (unpaired) electrons. The van der Waals surface area contributed by atoms with Crippen LogP contribution in [-0.2, 0) is 6.18 Å². The van der Waals surface area contributed by atoms with Gasteiger partial charge in [-0.2, -0.15) is 25.3 Å². The number of alkyl halides is 3. The third-order valence-corrected chi connectivity index (χ3v) is 3.32. The average molecular weight is 567 g/mol. The van der Waals surface area contributed by atoms with Crippen LogP contribution < -0.4 is 0 Å². The summed E-state index contributed by atoms with van der Waals surface area (Å²) in [5, 5.41) is 0. The molecule has 2 aromatic carbocycles. The van der Waals surface area contributed by atoms with Crippen LogP contribution in [0.3, 0.4) is 0 Å². The zero-order valence-electron chi connectivity index (χ0n) is 13.8. The van der Waals surface area contributed by atoms with Crippen molar-refractivity contribution in [3.8, 4) is 0 Å². The quantitative estimate of drug-likeness (QED) is 0.446. The van der Waals surface area contributed by atoms with E-state index in [1.807, 2.05) is 54.4 Å². The molecule has 0 atom stereocenters. The molecule has 0 heterocycles. The molecular formula is C20H18F3NU. The van der Waals surface area contributed by atoms with Gasteiger partial charge < -0.3 is 22.6 Å². The molecule has 0 amide bonds. The smallest absolute Gasteiger partial charge is 0.317 e. The fourth-order valence-electron chi connectivity index (χ4n) is 2.02. The number of rotatable bonds is 6. The minimum absolute atomic E-state index is 0. The Morgan fingerprint density at radius 1 is 1.12 bits per heavy atom. The second kappa shape index (κ2) is 10.7. The van der Waals surface area contributed by atoms with Gasteiger partial charge >= 0.3 is 37.3 Å². The molecule has 0 unspecified atom stereocenters. The van der Waals surface area contributed by atoms with Crippen LogP contribution in [0.15, 0.2) is 54.6 Å². The first-order valence-electron chi connectivity index (χ1n) is 7.51. The van der Waals surface area contributed by atoms with E-state index in [-0.39, 0.29) is 31.1 Å². The summed E-state index contributed by atoms with van der Waals surface area (Å²) in [5.41, 5.74) is 1.09. The van der Waals surface area contributed by atoms with Crippen molar-refractivity contribution in [1.82, 2.24) is 4.90 Å². The molecule has 0 aromatic heterocycles. The van der Waals surface area contributed by atoms with Gasteiger partial charge in [0.1, 0.15) is 0 Å². The molecule has 0 bridgehead atoms. The van der Waals surface area contributed by atoms with Crippen LogP contribution in [0, 0.1) is 43.3 Å². The summed E-state index contributed by atoms with van der Waals surface area (Å²) in [7, 11) is 1.95. The molecule has 0 saturated heterocycles. The first kappa shape index (κ1) is 21.8. The Balaban J connectivity index is 0.00000312. The van der Waals surface area contributed by atoms with E-state index in [4.69, 9.17) is 0 Å². The minimum Gasteiger partial charge on any atom is -0.317 e. The summed E-state index contributed by atoms with van der Waals surface area (Å²) in [6.45, 7) is 1.33. The Bertz CT molecular complexity index is 676. The Kier molecular flexibility index (Phi) is 9.28. The van der Waals surface area contributed by atoms with Gasteiger partial charge in [0.2, 0.25) is 0 Å². The van der Waals surface area contributed by atoms with E-state index in [1.54, 1.807) is 0 Å². The summed E-state index contributed by atoms with van der Waals surface area (Å²) in [5.74, 6) is 0. The zero-order chi connectivity index (χ0) is 17.4. The van der Waals surface area contributed by atoms with Crippen LogP contribution in [0.4, 0.5) is 13.2 Å². The van der Waals surface area contributed by atoms with Crippen molar-refractivity contribution in [3.05, 3.63) is 83.4 Å². The number of benzene rings is 2. The van der Waals surface area contributed by atoms with Crippen molar-refractivity contribution in [1.29, 1.82) is 0 Å². The maximum Gasteiger partial charge on any atom is 2.00 e. The van der Waals surface area contributed by atoms with Crippen LogP contribution in [0.2, 0.25) is 0 Å². The largest absolute Gasteiger partial charge is 2.00 e. The molecule has 5 heteroatoms. The van der Waals surface area contributed by atoms with Gasteiger partial charge in [-0.3, -0.25) is 0 Å². The van der Waals surface area contributed by atoms with E-state index in [0.717, 1.165) is 23.3 Å². The molecule has 0 aliphatic heterocycles. The first-order valence-corrected chi connectivity index (χ1v) is 7.51. The molecule has 0 saturated carbocycles. The van der Waals surface area contributed by atoms with Crippen molar-refractivity contribution >= 4 is 12.2 Å². The molecule has 1 nitrogen and oxygen atoms in total. The van der Waals surface area contributed by atoms with Crippen molar-refractivity contribution in [3.63, 3.8) is 0 Å². The van der Waals surface area contributed by atoms with Gasteiger partial charge in [0.15, 0.2) is 0 Å². The van der Waals surface area contributed by atoms with Gasteiger partial charge in [0.05, 0.1) is 5.56 Å². The summed E-state index contributed by atoms with van der Waals surface area (Å²) in [6, 6.07) is 15.9. The minimum atomic E-state index is -4.29. The Labute approximate surface area is 170 Å². The number of hydrogen-bond donors (Lipinski definition) is 0. The van der Waals surface area contributed by atoms with Crippen LogP contribution >= 0.6 is 0 Å². The number of likely N-dealkylation sites (N-methyl/N-ethyl adjacent to an activating group) is 1. The predicted molar refractivity (Wildman–Crippen MR) is 91.0 cm³/mol. The molecule has 0 N–H and O–H groups in total. The van der Waals surface area contributed by atoms with Crippen molar-refractivity contribution in [2.75, 3.05) is 20.1 Å². The summed E-state index contributed by atoms with van der Waals surface area (Å²) >= 11 is 0. The molecule has 25 heavy (non-hydrogen) atoms. The van der Waals surface area contributed by atoms with E-state index in [9.17, 15) is 13.2 Å². The SMILES string of the molecule is CN(C[C-]=Cc1[c-]cccc1)C/C=C/c1ccc(C(F)(F)F)cc1.[U+2]. The van der Waals surface area contributed by atoms with E-state index in [0.29, 0.717) is 13.1 Å². The van der Waals surface area contributed by atoms with E-state index in [2.05, 4.69) is 12.1 Å². The molecule has 0 aliphatic rings. The maximum atomic E-state index is 12.5. The number of nitrogens with zero attached hydrogens (tertiary/aromatic N) is 1. The fourth-order valence-corrected chi connectivity index (χ4v) is 2.02. The normalized spacial score (nSPS) is 12.0. The second-order valence-electron chi connectivity index (χ2n) is 5.39. The molecule has 0 aliphatic carbocycles. The summed E-state index contributed by atoms with van der Waals surface area (Å²) < 4.78 is 37.4. The molecule has 128 valence electrons. The van der Waals surface area contributed by atoms with Gasteiger partial charge in [-0.1, -0.05) is 30.8 Å². The Morgan fingerprint density at radius 2 is 1.84 bits per heavy atom. The number of hydrogen-bond acceptors (Lipinski definition) is 1. The molecule has 0 fully saturated rings. The molecular weight excluding hydrogens is 549 g/mol. The third-order valence-electron chi connectivity index (χ3n) is 3.32. The van der Waals surface area contributed by atoms with Gasteiger partial charge in [0.25, 0.3) is 0 Å². The van der Waals surface area contributed by atoms with Gasteiger partial charge in [-0.15, -0.1) is 6.07 Å². The zero-order valence-corrected chi connectivity index (χ0v) is 18.0. The topological polar surface area (TPSA) is 3.24 Å². The van der Waals surface area contributed by atoms with Gasteiger partial charge in [-0.25, -0.2) is 12.1 Å². The standard InChI is InChI=1S/C20H18F3N.U/c1-24(15-5-9-17-7-3-2-4-8-17)16-6-10-18-11-13-19(14-12-18)20(21,22)23;/h2-4,6-7,9-14H,15-16H2,1H3;/q-2;+2/b10-6+;. The van der Waals surface area contributed by atoms with Gasteiger partial charge in [0, 0.05) is 6.54 Å². The Morgan fingerprint density at radius 3 is 2.44 bits per heavy atom. The maximum absolute atomic E-state index is 12.5. The predicted octanol–water partition coefficient (Wildman–Crippen LogP) is 4.97. The van der Waals surface area contributed by atoms with E-state index in [1.165, 1.54) is 12.1 Å². The fraction of sp³-hybridized carbons (Fsp3) is 0.200. The van der Waals surface area contributed by atoms with Crippen molar-refractivity contribution in [2.24, 2.45) is 0 Å². The van der Waals surface area contributed by atoms with Crippen LogP contribution in [0.5, 0.6) is 0 Å². The van der Waals surface area contributed by atoms with Crippen LogP contribution in [0.1, 0.15) is 16.7 Å². The van der Waals surface area contributed by atoms with Crippen molar-refractivity contribution in [2.45, 2.75) is 6.18 Å².